The van der Waals surface area contributed by atoms with Crippen LogP contribution in [0.4, 0.5) is 10.5 Å². The smallest absolute Gasteiger partial charge is 0.325 e. The second-order valence-electron chi connectivity index (χ2n) is 7.75. The molecule has 8 heteroatoms. The van der Waals surface area contributed by atoms with Crippen LogP contribution in [-0.2, 0) is 16.1 Å². The zero-order chi connectivity index (χ0) is 21.8. The molecule has 2 heterocycles. The Hall–Kier alpha value is -3.55. The fraction of sp³-hybridized carbons (Fsp3) is 0.348. The molecule has 4 rings (SSSR count). The number of anilines is 1. The summed E-state index contributed by atoms with van der Waals surface area (Å²) in [6, 6.07) is 15.1. The van der Waals surface area contributed by atoms with E-state index in [2.05, 4.69) is 5.32 Å². The van der Waals surface area contributed by atoms with Crippen molar-refractivity contribution in [3.63, 3.8) is 0 Å². The lowest BCUT2D eigenvalue weighted by Gasteiger charge is -2.21. The third-order valence-corrected chi connectivity index (χ3v) is 5.52. The maximum Gasteiger partial charge on any atom is 0.325 e. The number of carbonyl (C=O) groups is 3. The molecule has 2 aromatic rings. The molecule has 1 fully saturated rings. The zero-order valence-electron chi connectivity index (χ0n) is 17.5. The van der Waals surface area contributed by atoms with E-state index < -0.39 is 0 Å². The zero-order valence-corrected chi connectivity index (χ0v) is 17.5. The predicted octanol–water partition coefficient (Wildman–Crippen LogP) is 1.77. The molecule has 1 saturated heterocycles. The van der Waals surface area contributed by atoms with E-state index in [1.807, 2.05) is 55.5 Å². The van der Waals surface area contributed by atoms with Crippen LogP contribution in [0, 0.1) is 6.92 Å². The van der Waals surface area contributed by atoms with E-state index >= 15 is 0 Å². The van der Waals surface area contributed by atoms with Crippen LogP contribution in [0.2, 0.25) is 0 Å². The lowest BCUT2D eigenvalue weighted by molar-refractivity contribution is -0.133. The molecule has 0 unspecified atom stereocenters. The first-order valence-electron chi connectivity index (χ1n) is 10.4. The Kier molecular flexibility index (Phi) is 6.06. The van der Waals surface area contributed by atoms with Gasteiger partial charge in [-0.2, -0.15) is 0 Å². The highest BCUT2D eigenvalue weighted by Crippen LogP contribution is 2.23. The van der Waals surface area contributed by atoms with E-state index in [1.54, 1.807) is 9.80 Å². The summed E-state index contributed by atoms with van der Waals surface area (Å²) in [6.45, 7) is 4.18. The average molecular weight is 422 g/mol. The van der Waals surface area contributed by atoms with Gasteiger partial charge in [-0.1, -0.05) is 35.9 Å². The molecule has 8 nitrogen and oxygen atoms in total. The highest BCUT2D eigenvalue weighted by atomic mass is 16.5. The maximum absolute atomic E-state index is 12.7. The molecular formula is C23H26N4O4. The average Bonchev–Trinajstić information content (AvgIpc) is 3.03. The minimum atomic E-state index is -0.238. The molecule has 2 aliphatic rings. The lowest BCUT2D eigenvalue weighted by Crippen LogP contribution is -2.43. The number of nitrogens with one attached hydrogen (secondary N) is 1. The molecule has 0 radical (unpaired) electrons. The first kappa shape index (κ1) is 20.7. The van der Waals surface area contributed by atoms with Crippen LogP contribution in [-0.4, -0.2) is 67.0 Å². The number of para-hydroxylation sites is 1. The molecule has 2 aromatic carbocycles. The Bertz CT molecular complexity index is 976. The molecule has 0 aliphatic carbocycles. The fourth-order valence-electron chi connectivity index (χ4n) is 3.76. The normalized spacial score (nSPS) is 16.1. The number of nitrogens with zero attached hydrogens (tertiary/aromatic N) is 3. The minimum Gasteiger partial charge on any atom is -0.483 e. The number of ether oxygens (including phenoxy) is 1. The van der Waals surface area contributed by atoms with Gasteiger partial charge in [-0.25, -0.2) is 4.79 Å². The van der Waals surface area contributed by atoms with Gasteiger partial charge in [-0.05, 0) is 25.1 Å². The highest BCUT2D eigenvalue weighted by molar-refractivity contribution is 5.96. The van der Waals surface area contributed by atoms with E-state index in [1.165, 1.54) is 4.90 Å². The van der Waals surface area contributed by atoms with Gasteiger partial charge in [0.1, 0.15) is 12.3 Å². The third-order valence-electron chi connectivity index (χ3n) is 5.52. The van der Waals surface area contributed by atoms with Gasteiger partial charge in [0.2, 0.25) is 5.91 Å². The Balaban J connectivity index is 1.25. The Morgan fingerprint density at radius 2 is 1.81 bits per heavy atom. The monoisotopic (exact) mass is 422 g/mol. The number of urea groups is 1. The molecule has 0 atom stereocenters. The topological polar surface area (TPSA) is 82.2 Å². The van der Waals surface area contributed by atoms with Crippen LogP contribution in [0.3, 0.4) is 0 Å². The standard InChI is InChI=1S/C23H26N4O4/c1-17-6-8-19(9-7-17)27-13-12-26(23(27)30)15-21(28)24-10-11-25-14-18-4-2-3-5-20(18)31-16-22(25)29/h2-9H,10-16H2,1H3,(H,24,28). The summed E-state index contributed by atoms with van der Waals surface area (Å²) in [5.74, 6) is 0.361. The van der Waals surface area contributed by atoms with E-state index in [0.29, 0.717) is 38.5 Å². The van der Waals surface area contributed by atoms with Crippen molar-refractivity contribution >= 4 is 23.5 Å². The van der Waals surface area contributed by atoms with Gasteiger partial charge in [-0.15, -0.1) is 0 Å². The van der Waals surface area contributed by atoms with Crippen molar-refractivity contribution in [2.24, 2.45) is 0 Å². The van der Waals surface area contributed by atoms with Crippen LogP contribution in [0.25, 0.3) is 0 Å². The van der Waals surface area contributed by atoms with E-state index in [-0.39, 0.29) is 31.0 Å². The molecule has 1 N–H and O–H groups in total. The molecule has 31 heavy (non-hydrogen) atoms. The van der Waals surface area contributed by atoms with Gasteiger partial charge in [0.25, 0.3) is 5.91 Å². The second-order valence-corrected chi connectivity index (χ2v) is 7.75. The van der Waals surface area contributed by atoms with Crippen molar-refractivity contribution in [1.29, 1.82) is 0 Å². The summed E-state index contributed by atoms with van der Waals surface area (Å²) in [4.78, 5) is 42.2. The molecule has 4 amide bonds. The van der Waals surface area contributed by atoms with Gasteiger partial charge in [-0.3, -0.25) is 14.5 Å². The van der Waals surface area contributed by atoms with Gasteiger partial charge in [0.05, 0.1) is 0 Å². The van der Waals surface area contributed by atoms with Gasteiger partial charge in [0.15, 0.2) is 6.61 Å². The summed E-state index contributed by atoms with van der Waals surface area (Å²) in [7, 11) is 0. The number of benzene rings is 2. The summed E-state index contributed by atoms with van der Waals surface area (Å²) in [6.07, 6.45) is 0. The Labute approximate surface area is 181 Å². The number of aryl methyl sites for hydroxylation is 1. The van der Waals surface area contributed by atoms with E-state index in [9.17, 15) is 14.4 Å². The van der Waals surface area contributed by atoms with E-state index in [0.717, 1.165) is 16.8 Å². The van der Waals surface area contributed by atoms with Crippen molar-refractivity contribution in [2.45, 2.75) is 13.5 Å². The van der Waals surface area contributed by atoms with Gasteiger partial charge < -0.3 is 19.9 Å². The molecule has 0 saturated carbocycles. The van der Waals surface area contributed by atoms with Crippen molar-refractivity contribution in [2.75, 3.05) is 44.2 Å². The number of hydrogen-bond acceptors (Lipinski definition) is 4. The minimum absolute atomic E-state index is 0.00108. The van der Waals surface area contributed by atoms with Crippen molar-refractivity contribution in [3.05, 3.63) is 59.7 Å². The number of hydrogen-bond donors (Lipinski definition) is 1. The van der Waals surface area contributed by atoms with Gasteiger partial charge in [0, 0.05) is 44.0 Å². The first-order chi connectivity index (χ1) is 15.0. The first-order valence-corrected chi connectivity index (χ1v) is 10.4. The van der Waals surface area contributed by atoms with Crippen molar-refractivity contribution < 1.29 is 19.1 Å². The van der Waals surface area contributed by atoms with Crippen molar-refractivity contribution in [3.8, 4) is 5.75 Å². The van der Waals surface area contributed by atoms with Gasteiger partial charge >= 0.3 is 6.03 Å². The summed E-state index contributed by atoms with van der Waals surface area (Å²) in [5.41, 5.74) is 2.91. The molecule has 0 spiro atoms. The predicted molar refractivity (Wildman–Crippen MR) is 116 cm³/mol. The highest BCUT2D eigenvalue weighted by Gasteiger charge is 2.30. The SMILES string of the molecule is Cc1ccc(N2CCN(CC(=O)NCCN3Cc4ccccc4OCC3=O)C2=O)cc1. The Morgan fingerprint density at radius 1 is 1.03 bits per heavy atom. The molecule has 2 aliphatic heterocycles. The number of rotatable bonds is 6. The second kappa shape index (κ2) is 9.07. The Morgan fingerprint density at radius 3 is 2.61 bits per heavy atom. The van der Waals surface area contributed by atoms with Crippen LogP contribution in [0.1, 0.15) is 11.1 Å². The number of amides is 4. The third kappa shape index (κ3) is 4.79. The molecule has 0 aromatic heterocycles. The largest absolute Gasteiger partial charge is 0.483 e. The van der Waals surface area contributed by atoms with Crippen LogP contribution in [0.15, 0.2) is 48.5 Å². The quantitative estimate of drug-likeness (QED) is 0.769. The maximum atomic E-state index is 12.7. The van der Waals surface area contributed by atoms with Crippen LogP contribution >= 0.6 is 0 Å². The molecule has 162 valence electrons. The van der Waals surface area contributed by atoms with Crippen LogP contribution in [0.5, 0.6) is 5.75 Å². The molecular weight excluding hydrogens is 396 g/mol. The summed E-state index contributed by atoms with van der Waals surface area (Å²) < 4.78 is 5.54. The number of carbonyl (C=O) groups excluding carboxylic acids is 3. The summed E-state index contributed by atoms with van der Waals surface area (Å²) >= 11 is 0. The van der Waals surface area contributed by atoms with Crippen LogP contribution < -0.4 is 15.0 Å². The lowest BCUT2D eigenvalue weighted by atomic mass is 10.2. The molecule has 0 bridgehead atoms. The summed E-state index contributed by atoms with van der Waals surface area (Å²) in [5, 5.41) is 2.82. The number of fused-ring (bicyclic) bond motifs is 1. The van der Waals surface area contributed by atoms with E-state index in [4.69, 9.17) is 4.74 Å². The van der Waals surface area contributed by atoms with Crippen molar-refractivity contribution in [1.82, 2.24) is 15.1 Å². The fourth-order valence-corrected chi connectivity index (χ4v) is 3.76.